The van der Waals surface area contributed by atoms with Crippen LogP contribution in [-0.4, -0.2) is 31.9 Å². The van der Waals surface area contributed by atoms with Gasteiger partial charge in [0.25, 0.3) is 0 Å². The van der Waals surface area contributed by atoms with E-state index in [0.717, 1.165) is 34.6 Å². The Bertz CT molecular complexity index is 727. The summed E-state index contributed by atoms with van der Waals surface area (Å²) in [4.78, 5) is 4.74. The molecule has 2 aromatic rings. The number of hydrogen-bond acceptors (Lipinski definition) is 5. The van der Waals surface area contributed by atoms with Gasteiger partial charge in [-0.15, -0.1) is 34.2 Å². The molecule has 8 nitrogen and oxygen atoms in total. The van der Waals surface area contributed by atoms with E-state index in [1.54, 1.807) is 0 Å². The third-order valence-corrected chi connectivity index (χ3v) is 4.87. The molecule has 0 bridgehead atoms. The molecule has 26 heavy (non-hydrogen) atoms. The second kappa shape index (κ2) is 9.33. The minimum Gasteiger partial charge on any atom is -0.361 e. The Morgan fingerprint density at radius 2 is 1.96 bits per heavy atom. The molecule has 1 fully saturated rings. The Labute approximate surface area is 171 Å². The summed E-state index contributed by atoms with van der Waals surface area (Å²) in [5.41, 5.74) is 1.94. The Morgan fingerprint density at radius 3 is 2.54 bits per heavy atom. The number of halogens is 1. The van der Waals surface area contributed by atoms with E-state index in [-0.39, 0.29) is 24.0 Å². The van der Waals surface area contributed by atoms with Gasteiger partial charge < -0.3 is 19.7 Å². The second-order valence-electron chi connectivity index (χ2n) is 6.67. The van der Waals surface area contributed by atoms with Gasteiger partial charge in [-0.1, -0.05) is 18.0 Å². The van der Waals surface area contributed by atoms with Crippen molar-refractivity contribution in [2.45, 2.75) is 65.6 Å². The van der Waals surface area contributed by atoms with Gasteiger partial charge in [0.2, 0.25) is 0 Å². The van der Waals surface area contributed by atoms with Crippen LogP contribution in [0.4, 0.5) is 0 Å². The highest BCUT2D eigenvalue weighted by Crippen LogP contribution is 2.18. The van der Waals surface area contributed by atoms with Crippen LogP contribution >= 0.6 is 24.0 Å². The summed E-state index contributed by atoms with van der Waals surface area (Å²) in [5, 5.41) is 19.2. The van der Waals surface area contributed by atoms with Crippen molar-refractivity contribution in [1.82, 2.24) is 30.6 Å². The van der Waals surface area contributed by atoms with Crippen LogP contribution in [-0.2, 0) is 20.1 Å². The van der Waals surface area contributed by atoms with E-state index in [2.05, 4.69) is 26.0 Å². The van der Waals surface area contributed by atoms with Gasteiger partial charge in [0.1, 0.15) is 11.6 Å². The molecule has 0 atom stereocenters. The molecular formula is C17H28IN7O. The zero-order valence-electron chi connectivity index (χ0n) is 15.9. The third kappa shape index (κ3) is 4.95. The van der Waals surface area contributed by atoms with Crippen molar-refractivity contribution in [2.75, 3.05) is 0 Å². The molecule has 0 amide bonds. The number of rotatable bonds is 5. The number of guanidine groups is 1. The first-order valence-electron chi connectivity index (χ1n) is 8.86. The highest BCUT2D eigenvalue weighted by atomic mass is 127. The van der Waals surface area contributed by atoms with Crippen molar-refractivity contribution in [3.05, 3.63) is 28.7 Å². The van der Waals surface area contributed by atoms with Gasteiger partial charge in [-0.25, -0.2) is 4.99 Å². The summed E-state index contributed by atoms with van der Waals surface area (Å²) in [6, 6.07) is 0.483. The van der Waals surface area contributed by atoms with Crippen LogP contribution < -0.4 is 10.6 Å². The monoisotopic (exact) mass is 473 g/mol. The summed E-state index contributed by atoms with van der Waals surface area (Å²) in [5.74, 6) is 3.41. The van der Waals surface area contributed by atoms with Gasteiger partial charge in [-0.05, 0) is 33.6 Å². The Balaban J connectivity index is 0.00000243. The fourth-order valence-electron chi connectivity index (χ4n) is 3.07. The maximum Gasteiger partial charge on any atom is 0.192 e. The number of hydrogen-bond donors (Lipinski definition) is 2. The van der Waals surface area contributed by atoms with Gasteiger partial charge in [0.05, 0.1) is 18.8 Å². The number of aromatic nitrogens is 4. The highest BCUT2D eigenvalue weighted by Gasteiger charge is 2.17. The standard InChI is InChI=1S/C17H27N7O.HI/c1-11-15(12(2)25-23-11)9-18-17(20-14-7-5-6-8-14)19-10-16-22-21-13(3)24(16)4;/h14H,5-10H2,1-4H3,(H2,18,19,20);1H. The first-order chi connectivity index (χ1) is 12.0. The lowest BCUT2D eigenvalue weighted by atomic mass is 10.2. The Hall–Kier alpha value is -1.65. The fourth-order valence-corrected chi connectivity index (χ4v) is 3.07. The largest absolute Gasteiger partial charge is 0.361 e. The molecule has 0 unspecified atom stereocenters. The zero-order valence-corrected chi connectivity index (χ0v) is 18.2. The lowest BCUT2D eigenvalue weighted by molar-refractivity contribution is 0.392. The minimum absolute atomic E-state index is 0. The van der Waals surface area contributed by atoms with E-state index in [9.17, 15) is 0 Å². The summed E-state index contributed by atoms with van der Waals surface area (Å²) in [7, 11) is 1.97. The number of nitrogens with zero attached hydrogens (tertiary/aromatic N) is 5. The third-order valence-electron chi connectivity index (χ3n) is 4.87. The van der Waals surface area contributed by atoms with E-state index >= 15 is 0 Å². The first-order valence-corrected chi connectivity index (χ1v) is 8.86. The van der Waals surface area contributed by atoms with E-state index in [4.69, 9.17) is 9.52 Å². The zero-order chi connectivity index (χ0) is 17.8. The lowest BCUT2D eigenvalue weighted by Gasteiger charge is -2.17. The van der Waals surface area contributed by atoms with Crippen molar-refractivity contribution in [3.63, 3.8) is 0 Å². The maximum absolute atomic E-state index is 5.23. The molecular weight excluding hydrogens is 445 g/mol. The molecule has 3 rings (SSSR count). The molecule has 2 aromatic heterocycles. The van der Waals surface area contributed by atoms with Crippen LogP contribution in [0.25, 0.3) is 0 Å². The summed E-state index contributed by atoms with van der Waals surface area (Å²) in [6.07, 6.45) is 4.93. The summed E-state index contributed by atoms with van der Waals surface area (Å²) >= 11 is 0. The van der Waals surface area contributed by atoms with Crippen LogP contribution in [0.1, 0.15) is 54.3 Å². The minimum atomic E-state index is 0. The Morgan fingerprint density at radius 1 is 1.23 bits per heavy atom. The van der Waals surface area contributed by atoms with Gasteiger partial charge in [0, 0.05) is 18.7 Å². The van der Waals surface area contributed by atoms with E-state index in [0.29, 0.717) is 19.1 Å². The molecule has 2 N–H and O–H groups in total. The predicted octanol–water partition coefficient (Wildman–Crippen LogP) is 2.52. The molecule has 0 spiro atoms. The first kappa shape index (κ1) is 20.7. The Kier molecular flexibility index (Phi) is 7.42. The SMILES string of the molecule is Cc1noc(C)c1CN=C(NCc1nnc(C)n1C)NC1CCCC1.I. The number of aryl methyl sites for hydroxylation is 3. The molecule has 0 aromatic carbocycles. The molecule has 2 heterocycles. The van der Waals surface area contributed by atoms with Gasteiger partial charge in [-0.2, -0.15) is 0 Å². The molecule has 1 aliphatic carbocycles. The van der Waals surface area contributed by atoms with Crippen molar-refractivity contribution in [2.24, 2.45) is 12.0 Å². The average molecular weight is 473 g/mol. The van der Waals surface area contributed by atoms with E-state index in [1.165, 1.54) is 25.7 Å². The predicted molar refractivity (Wildman–Crippen MR) is 111 cm³/mol. The normalized spacial score (nSPS) is 15.2. The lowest BCUT2D eigenvalue weighted by Crippen LogP contribution is -2.42. The smallest absolute Gasteiger partial charge is 0.192 e. The molecule has 0 saturated heterocycles. The highest BCUT2D eigenvalue weighted by molar-refractivity contribution is 14.0. The molecule has 1 saturated carbocycles. The number of aliphatic imine (C=N–C) groups is 1. The summed E-state index contributed by atoms with van der Waals surface area (Å²) < 4.78 is 7.21. The van der Waals surface area contributed by atoms with Crippen LogP contribution in [0.5, 0.6) is 0 Å². The number of nitrogens with one attached hydrogen (secondary N) is 2. The van der Waals surface area contributed by atoms with Crippen LogP contribution in [0.15, 0.2) is 9.52 Å². The van der Waals surface area contributed by atoms with Crippen molar-refractivity contribution >= 4 is 29.9 Å². The van der Waals surface area contributed by atoms with Crippen LogP contribution in [0, 0.1) is 20.8 Å². The van der Waals surface area contributed by atoms with Crippen LogP contribution in [0.3, 0.4) is 0 Å². The fraction of sp³-hybridized carbons (Fsp3) is 0.647. The van der Waals surface area contributed by atoms with E-state index < -0.39 is 0 Å². The van der Waals surface area contributed by atoms with Crippen LogP contribution in [0.2, 0.25) is 0 Å². The van der Waals surface area contributed by atoms with Gasteiger partial charge in [0.15, 0.2) is 11.8 Å². The second-order valence-corrected chi connectivity index (χ2v) is 6.67. The van der Waals surface area contributed by atoms with Crippen molar-refractivity contribution < 1.29 is 4.52 Å². The molecule has 9 heteroatoms. The topological polar surface area (TPSA) is 93.2 Å². The van der Waals surface area contributed by atoms with Crippen molar-refractivity contribution in [3.8, 4) is 0 Å². The summed E-state index contributed by atoms with van der Waals surface area (Å²) in [6.45, 7) is 6.93. The molecule has 0 radical (unpaired) electrons. The van der Waals surface area contributed by atoms with Gasteiger partial charge >= 0.3 is 0 Å². The molecule has 144 valence electrons. The average Bonchev–Trinajstić information content (AvgIpc) is 3.29. The van der Waals surface area contributed by atoms with Crippen molar-refractivity contribution in [1.29, 1.82) is 0 Å². The molecule has 1 aliphatic rings. The van der Waals surface area contributed by atoms with E-state index in [1.807, 2.05) is 32.4 Å². The molecule has 0 aliphatic heterocycles. The maximum atomic E-state index is 5.23. The quantitative estimate of drug-likeness (QED) is 0.394. The van der Waals surface area contributed by atoms with Gasteiger partial charge in [-0.3, -0.25) is 0 Å².